The quantitative estimate of drug-likeness (QED) is 0.650. The van der Waals surface area contributed by atoms with E-state index in [1.807, 2.05) is 45.0 Å². The Morgan fingerprint density at radius 3 is 2.46 bits per heavy atom. The molecule has 0 aliphatic rings. The van der Waals surface area contributed by atoms with Crippen LogP contribution in [-0.4, -0.2) is 17.7 Å². The van der Waals surface area contributed by atoms with E-state index in [1.54, 1.807) is 25.1 Å². The number of hydrogen-bond donors (Lipinski definition) is 1. The summed E-state index contributed by atoms with van der Waals surface area (Å²) in [5.41, 5.74) is 6.29. The van der Waals surface area contributed by atoms with Crippen LogP contribution in [0, 0.1) is 13.8 Å². The van der Waals surface area contributed by atoms with Crippen molar-refractivity contribution in [3.05, 3.63) is 64.2 Å². The van der Waals surface area contributed by atoms with Crippen molar-refractivity contribution in [1.82, 2.24) is 5.43 Å². The first-order valence-electron chi connectivity index (χ1n) is 7.71. The van der Waals surface area contributed by atoms with Crippen molar-refractivity contribution in [3.63, 3.8) is 0 Å². The van der Waals surface area contributed by atoms with Crippen LogP contribution in [0.5, 0.6) is 5.75 Å². The lowest BCUT2D eigenvalue weighted by Gasteiger charge is -2.15. The number of amides is 1. The van der Waals surface area contributed by atoms with E-state index in [1.165, 1.54) is 5.56 Å². The van der Waals surface area contributed by atoms with Gasteiger partial charge in [-0.3, -0.25) is 4.79 Å². The van der Waals surface area contributed by atoms with Crippen LogP contribution in [0.3, 0.4) is 0 Å². The van der Waals surface area contributed by atoms with Crippen molar-refractivity contribution in [3.8, 4) is 5.75 Å². The van der Waals surface area contributed by atoms with E-state index in [0.717, 1.165) is 16.8 Å². The van der Waals surface area contributed by atoms with Gasteiger partial charge < -0.3 is 4.74 Å². The SMILES string of the molecule is CC(=NNC(=O)C(C)Oc1ccc(Cl)cc1C)c1ccc(C)cc1. The summed E-state index contributed by atoms with van der Waals surface area (Å²) in [7, 11) is 0. The molecule has 24 heavy (non-hydrogen) atoms. The van der Waals surface area contributed by atoms with E-state index >= 15 is 0 Å². The van der Waals surface area contributed by atoms with Crippen molar-refractivity contribution in [1.29, 1.82) is 0 Å². The molecule has 2 aromatic carbocycles. The molecule has 0 aliphatic heterocycles. The molecule has 0 spiro atoms. The summed E-state index contributed by atoms with van der Waals surface area (Å²) < 4.78 is 5.68. The topological polar surface area (TPSA) is 50.7 Å². The number of benzene rings is 2. The highest BCUT2D eigenvalue weighted by Gasteiger charge is 2.15. The molecule has 5 heteroatoms. The van der Waals surface area contributed by atoms with Gasteiger partial charge >= 0.3 is 0 Å². The van der Waals surface area contributed by atoms with Gasteiger partial charge in [0.05, 0.1) is 5.71 Å². The van der Waals surface area contributed by atoms with Crippen molar-refractivity contribution in [2.45, 2.75) is 33.8 Å². The first-order chi connectivity index (χ1) is 11.4. The van der Waals surface area contributed by atoms with Gasteiger partial charge in [0, 0.05) is 5.02 Å². The van der Waals surface area contributed by atoms with Crippen LogP contribution < -0.4 is 10.2 Å². The number of nitrogens with zero attached hydrogens (tertiary/aromatic N) is 1. The second-order valence-electron chi connectivity index (χ2n) is 5.71. The molecule has 2 aromatic rings. The predicted octanol–water partition coefficient (Wildman–Crippen LogP) is 4.26. The Labute approximate surface area is 147 Å². The number of ether oxygens (including phenoxy) is 1. The summed E-state index contributed by atoms with van der Waals surface area (Å²) in [6.07, 6.45) is -0.667. The van der Waals surface area contributed by atoms with Gasteiger partial charge in [-0.1, -0.05) is 41.4 Å². The molecule has 0 bridgehead atoms. The number of carbonyl (C=O) groups excluding carboxylic acids is 1. The van der Waals surface area contributed by atoms with Crippen molar-refractivity contribution in [2.75, 3.05) is 0 Å². The number of rotatable bonds is 5. The molecule has 0 heterocycles. The summed E-state index contributed by atoms with van der Waals surface area (Å²) >= 11 is 5.92. The molecule has 0 radical (unpaired) electrons. The van der Waals surface area contributed by atoms with Crippen LogP contribution in [0.2, 0.25) is 5.02 Å². The normalized spacial score (nSPS) is 12.6. The molecule has 1 atom stereocenters. The van der Waals surface area contributed by atoms with Crippen LogP contribution >= 0.6 is 11.6 Å². The molecule has 0 saturated heterocycles. The fraction of sp³-hybridized carbons (Fsp3) is 0.263. The second kappa shape index (κ2) is 7.97. The Balaban J connectivity index is 1.98. The van der Waals surface area contributed by atoms with Crippen LogP contribution in [0.4, 0.5) is 0 Å². The number of nitrogens with one attached hydrogen (secondary N) is 1. The number of hydrogen-bond acceptors (Lipinski definition) is 3. The average Bonchev–Trinajstić information content (AvgIpc) is 2.55. The van der Waals surface area contributed by atoms with E-state index in [4.69, 9.17) is 16.3 Å². The van der Waals surface area contributed by atoms with Crippen LogP contribution in [0.15, 0.2) is 47.6 Å². The minimum Gasteiger partial charge on any atom is -0.481 e. The Kier molecular flexibility index (Phi) is 5.99. The lowest BCUT2D eigenvalue weighted by molar-refractivity contribution is -0.127. The third kappa shape index (κ3) is 4.83. The van der Waals surface area contributed by atoms with Crippen LogP contribution in [-0.2, 0) is 4.79 Å². The molecule has 1 unspecified atom stereocenters. The van der Waals surface area contributed by atoms with Crippen molar-refractivity contribution in [2.24, 2.45) is 5.10 Å². The second-order valence-corrected chi connectivity index (χ2v) is 6.15. The summed E-state index contributed by atoms with van der Waals surface area (Å²) in [5.74, 6) is 0.317. The fourth-order valence-electron chi connectivity index (χ4n) is 2.08. The lowest BCUT2D eigenvalue weighted by atomic mass is 10.1. The zero-order valence-electron chi connectivity index (χ0n) is 14.3. The van der Waals surface area contributed by atoms with Gasteiger partial charge in [-0.25, -0.2) is 5.43 Å². The number of halogens is 1. The Morgan fingerprint density at radius 2 is 1.83 bits per heavy atom. The van der Waals surface area contributed by atoms with E-state index < -0.39 is 6.10 Å². The first kappa shape index (κ1) is 18.0. The van der Waals surface area contributed by atoms with Gasteiger partial charge in [0.25, 0.3) is 5.91 Å². The minimum atomic E-state index is -0.667. The fourth-order valence-corrected chi connectivity index (χ4v) is 2.30. The van der Waals surface area contributed by atoms with Gasteiger partial charge in [-0.15, -0.1) is 0 Å². The molecule has 4 nitrogen and oxygen atoms in total. The Morgan fingerprint density at radius 1 is 1.17 bits per heavy atom. The molecular formula is C19H21ClN2O2. The Hall–Kier alpha value is -2.33. The van der Waals surface area contributed by atoms with Crippen molar-refractivity contribution < 1.29 is 9.53 Å². The van der Waals surface area contributed by atoms with E-state index in [-0.39, 0.29) is 5.91 Å². The molecule has 0 saturated carbocycles. The number of aryl methyl sites for hydroxylation is 2. The van der Waals surface area contributed by atoms with E-state index in [0.29, 0.717) is 10.8 Å². The molecule has 0 aliphatic carbocycles. The molecule has 126 valence electrons. The molecule has 1 N–H and O–H groups in total. The zero-order valence-corrected chi connectivity index (χ0v) is 15.0. The highest BCUT2D eigenvalue weighted by Crippen LogP contribution is 2.22. The van der Waals surface area contributed by atoms with E-state index in [2.05, 4.69) is 10.5 Å². The standard InChI is InChI=1S/C19H21ClN2O2/c1-12-5-7-16(8-6-12)14(3)21-22-19(23)15(4)24-18-10-9-17(20)11-13(18)2/h5-11,15H,1-4H3,(H,22,23). The highest BCUT2D eigenvalue weighted by molar-refractivity contribution is 6.30. The molecule has 0 aromatic heterocycles. The average molecular weight is 345 g/mol. The minimum absolute atomic E-state index is 0.309. The third-order valence-corrected chi connectivity index (χ3v) is 3.85. The molecular weight excluding hydrogens is 324 g/mol. The predicted molar refractivity (Wildman–Crippen MR) is 97.8 cm³/mol. The largest absolute Gasteiger partial charge is 0.481 e. The zero-order chi connectivity index (χ0) is 17.7. The molecule has 1 amide bonds. The molecule has 0 fully saturated rings. The highest BCUT2D eigenvalue weighted by atomic mass is 35.5. The van der Waals surface area contributed by atoms with Crippen molar-refractivity contribution >= 4 is 23.2 Å². The van der Waals surface area contributed by atoms with Gasteiger partial charge in [0.15, 0.2) is 6.10 Å². The summed E-state index contributed by atoms with van der Waals surface area (Å²) in [4.78, 5) is 12.1. The smallest absolute Gasteiger partial charge is 0.280 e. The summed E-state index contributed by atoms with van der Waals surface area (Å²) in [5, 5.41) is 4.77. The number of carbonyl (C=O) groups is 1. The first-order valence-corrected chi connectivity index (χ1v) is 8.08. The van der Waals surface area contributed by atoms with Crippen LogP contribution in [0.1, 0.15) is 30.5 Å². The van der Waals surface area contributed by atoms with Gasteiger partial charge in [-0.2, -0.15) is 5.10 Å². The lowest BCUT2D eigenvalue weighted by Crippen LogP contribution is -2.34. The van der Waals surface area contributed by atoms with Crippen LogP contribution in [0.25, 0.3) is 0 Å². The third-order valence-electron chi connectivity index (χ3n) is 3.61. The summed E-state index contributed by atoms with van der Waals surface area (Å²) in [6, 6.07) is 13.2. The van der Waals surface area contributed by atoms with E-state index in [9.17, 15) is 4.79 Å². The maximum absolute atomic E-state index is 12.1. The number of hydrazone groups is 1. The van der Waals surface area contributed by atoms with Gasteiger partial charge in [0.1, 0.15) is 5.75 Å². The maximum atomic E-state index is 12.1. The molecule has 2 rings (SSSR count). The van der Waals surface area contributed by atoms with Gasteiger partial charge in [0.2, 0.25) is 0 Å². The van der Waals surface area contributed by atoms with Gasteiger partial charge in [-0.05, 0) is 57.0 Å². The maximum Gasteiger partial charge on any atom is 0.280 e. The summed E-state index contributed by atoms with van der Waals surface area (Å²) in [6.45, 7) is 7.43. The monoisotopic (exact) mass is 344 g/mol. The Bertz CT molecular complexity index is 754.